The molecule has 3 aromatic rings. The Morgan fingerprint density at radius 2 is 1.82 bits per heavy atom. The number of nitrogens with zero attached hydrogens (tertiary/aromatic N) is 2. The van der Waals surface area contributed by atoms with Gasteiger partial charge >= 0.3 is 11.7 Å². The fraction of sp³-hybridized carbons (Fsp3) is 0.167. The number of rotatable bonds is 7. The normalized spacial score (nSPS) is 12.1. The summed E-state index contributed by atoms with van der Waals surface area (Å²) in [5.41, 5.74) is 5.53. The highest BCUT2D eigenvalue weighted by Gasteiger charge is 2.22. The van der Waals surface area contributed by atoms with Gasteiger partial charge in [0.05, 0.1) is 6.54 Å². The number of ketones is 1. The van der Waals surface area contributed by atoms with Gasteiger partial charge in [-0.25, -0.2) is 9.59 Å². The van der Waals surface area contributed by atoms with Crippen LogP contribution in [0.3, 0.4) is 0 Å². The molecular weight excluding hydrogens is 442 g/mol. The Hall–Kier alpha value is -4.60. The van der Waals surface area contributed by atoms with Gasteiger partial charge in [0.15, 0.2) is 18.1 Å². The highest BCUT2D eigenvalue weighted by atomic mass is 16.7. The van der Waals surface area contributed by atoms with Gasteiger partial charge in [0.25, 0.3) is 5.56 Å². The number of aromatic nitrogens is 2. The molecule has 0 saturated heterocycles. The third-order valence-electron chi connectivity index (χ3n) is 5.20. The lowest BCUT2D eigenvalue weighted by molar-refractivity contribution is -0.136. The minimum Gasteiger partial charge on any atom is -0.454 e. The summed E-state index contributed by atoms with van der Waals surface area (Å²) in [6, 6.07) is 14.1. The first-order valence-electron chi connectivity index (χ1n) is 10.3. The Morgan fingerprint density at radius 3 is 2.59 bits per heavy atom. The number of benzene rings is 2. The van der Waals surface area contributed by atoms with Crippen LogP contribution < -0.4 is 26.5 Å². The van der Waals surface area contributed by atoms with Crippen LogP contribution in [0.15, 0.2) is 64.2 Å². The zero-order chi connectivity index (χ0) is 24.2. The van der Waals surface area contributed by atoms with Gasteiger partial charge in [0.1, 0.15) is 11.4 Å². The molecule has 0 saturated carbocycles. The Kier molecular flexibility index (Phi) is 6.30. The second kappa shape index (κ2) is 9.49. The highest BCUT2D eigenvalue weighted by Crippen LogP contribution is 2.32. The Bertz CT molecular complexity index is 1400. The maximum atomic E-state index is 12.7. The summed E-state index contributed by atoms with van der Waals surface area (Å²) in [6.07, 6.45) is 2.63. The SMILES string of the molecule is Cn1c(=O)c(C(=O)COC(=O)/C=C/c2ccc3c(c2)OCO3)c(N)n(Cc2ccccc2)c1=O. The van der Waals surface area contributed by atoms with Crippen molar-refractivity contribution in [3.8, 4) is 11.5 Å². The number of fused-ring (bicyclic) bond motifs is 1. The van der Waals surface area contributed by atoms with E-state index in [2.05, 4.69) is 0 Å². The third-order valence-corrected chi connectivity index (χ3v) is 5.20. The molecule has 174 valence electrons. The van der Waals surface area contributed by atoms with Crippen LogP contribution in [0.4, 0.5) is 5.82 Å². The van der Waals surface area contributed by atoms with Crippen molar-refractivity contribution in [2.45, 2.75) is 6.54 Å². The lowest BCUT2D eigenvalue weighted by atomic mass is 10.2. The van der Waals surface area contributed by atoms with Crippen LogP contribution >= 0.6 is 0 Å². The molecule has 0 aliphatic carbocycles. The van der Waals surface area contributed by atoms with Crippen LogP contribution in [0.1, 0.15) is 21.5 Å². The van der Waals surface area contributed by atoms with Crippen LogP contribution in [0.5, 0.6) is 11.5 Å². The van der Waals surface area contributed by atoms with E-state index in [9.17, 15) is 19.2 Å². The maximum absolute atomic E-state index is 12.7. The minimum atomic E-state index is -0.858. The predicted octanol–water partition coefficient (Wildman–Crippen LogP) is 1.35. The van der Waals surface area contributed by atoms with Crippen LogP contribution in [0, 0.1) is 0 Å². The molecule has 10 nitrogen and oxygen atoms in total. The fourth-order valence-electron chi connectivity index (χ4n) is 3.40. The molecule has 0 amide bonds. The lowest BCUT2D eigenvalue weighted by Gasteiger charge is -2.14. The molecule has 1 aromatic heterocycles. The van der Waals surface area contributed by atoms with E-state index in [0.29, 0.717) is 17.1 Å². The standard InChI is InChI=1S/C24H21N3O7/c1-26-23(30)21(22(25)27(24(26)31)12-16-5-3-2-4-6-16)17(28)13-32-20(29)10-8-15-7-9-18-19(11-15)34-14-33-18/h2-11H,12-14,25H2,1H3/b10-8+. The molecule has 4 rings (SSSR count). The lowest BCUT2D eigenvalue weighted by Crippen LogP contribution is -2.43. The van der Waals surface area contributed by atoms with Crippen LogP contribution in [0.25, 0.3) is 6.08 Å². The van der Waals surface area contributed by atoms with E-state index in [4.69, 9.17) is 19.9 Å². The molecule has 0 fully saturated rings. The zero-order valence-corrected chi connectivity index (χ0v) is 18.2. The summed E-state index contributed by atoms with van der Waals surface area (Å²) < 4.78 is 17.4. The van der Waals surface area contributed by atoms with Crippen molar-refractivity contribution in [1.82, 2.24) is 9.13 Å². The van der Waals surface area contributed by atoms with Gasteiger partial charge in [-0.05, 0) is 29.3 Å². The smallest absolute Gasteiger partial charge is 0.332 e. The number of Topliss-reactive ketones (excluding diaryl/α,β-unsaturated/α-hetero) is 1. The van der Waals surface area contributed by atoms with Crippen molar-refractivity contribution in [1.29, 1.82) is 0 Å². The second-order valence-corrected chi connectivity index (χ2v) is 7.46. The second-order valence-electron chi connectivity index (χ2n) is 7.46. The van der Waals surface area contributed by atoms with Gasteiger partial charge < -0.3 is 19.9 Å². The van der Waals surface area contributed by atoms with Crippen LogP contribution in [-0.4, -0.2) is 34.3 Å². The summed E-state index contributed by atoms with van der Waals surface area (Å²) in [4.78, 5) is 50.0. The Balaban J connectivity index is 1.48. The van der Waals surface area contributed by atoms with Gasteiger partial charge in [-0.2, -0.15) is 0 Å². The summed E-state index contributed by atoms with van der Waals surface area (Å²) in [7, 11) is 1.25. The molecule has 1 aliphatic rings. The molecule has 0 atom stereocenters. The molecular formula is C24H21N3O7. The monoisotopic (exact) mass is 463 g/mol. The first-order valence-corrected chi connectivity index (χ1v) is 10.3. The zero-order valence-electron chi connectivity index (χ0n) is 18.2. The summed E-state index contributed by atoms with van der Waals surface area (Å²) in [5.74, 6) is -0.724. The molecule has 34 heavy (non-hydrogen) atoms. The van der Waals surface area contributed by atoms with E-state index in [0.717, 1.165) is 20.8 Å². The van der Waals surface area contributed by atoms with E-state index >= 15 is 0 Å². The number of anilines is 1. The van der Waals surface area contributed by atoms with E-state index < -0.39 is 35.2 Å². The van der Waals surface area contributed by atoms with Gasteiger partial charge in [0, 0.05) is 13.1 Å². The number of esters is 1. The molecule has 2 N–H and O–H groups in total. The van der Waals surface area contributed by atoms with Crippen LogP contribution in [0.2, 0.25) is 0 Å². The summed E-state index contributed by atoms with van der Waals surface area (Å²) in [6.45, 7) is -0.515. The average Bonchev–Trinajstić information content (AvgIpc) is 3.31. The van der Waals surface area contributed by atoms with Gasteiger partial charge in [0.2, 0.25) is 12.6 Å². The molecule has 2 aromatic carbocycles. The number of nitrogen functional groups attached to an aromatic ring is 1. The minimum absolute atomic E-state index is 0.0674. The van der Waals surface area contributed by atoms with Crippen molar-refractivity contribution >= 4 is 23.6 Å². The molecule has 2 heterocycles. The first-order chi connectivity index (χ1) is 16.3. The molecule has 0 bridgehead atoms. The van der Waals surface area contributed by atoms with Gasteiger partial charge in [-0.1, -0.05) is 36.4 Å². The number of ether oxygens (including phenoxy) is 3. The fourth-order valence-corrected chi connectivity index (χ4v) is 3.40. The van der Waals surface area contributed by atoms with E-state index in [1.165, 1.54) is 13.1 Å². The summed E-state index contributed by atoms with van der Waals surface area (Å²) >= 11 is 0. The molecule has 0 spiro atoms. The molecule has 0 radical (unpaired) electrons. The van der Waals surface area contributed by atoms with E-state index in [-0.39, 0.29) is 19.2 Å². The maximum Gasteiger partial charge on any atom is 0.332 e. The molecule has 10 heteroatoms. The third kappa shape index (κ3) is 4.60. The Labute approximate surface area is 193 Å². The molecule has 1 aliphatic heterocycles. The number of carbonyl (C=O) groups excluding carboxylic acids is 2. The van der Waals surface area contributed by atoms with Crippen molar-refractivity contribution in [3.63, 3.8) is 0 Å². The number of nitrogens with two attached hydrogens (primary N) is 1. The van der Waals surface area contributed by atoms with Crippen molar-refractivity contribution in [3.05, 3.63) is 92.1 Å². The first kappa shape index (κ1) is 22.6. The summed E-state index contributed by atoms with van der Waals surface area (Å²) in [5, 5.41) is 0. The largest absolute Gasteiger partial charge is 0.454 e. The van der Waals surface area contributed by atoms with Gasteiger partial charge in [-0.15, -0.1) is 0 Å². The quantitative estimate of drug-likeness (QED) is 0.316. The topological polar surface area (TPSA) is 132 Å². The number of hydrogen-bond acceptors (Lipinski definition) is 8. The van der Waals surface area contributed by atoms with Crippen molar-refractivity contribution in [2.24, 2.45) is 7.05 Å². The van der Waals surface area contributed by atoms with Crippen molar-refractivity contribution in [2.75, 3.05) is 19.1 Å². The van der Waals surface area contributed by atoms with E-state index in [1.54, 1.807) is 42.5 Å². The van der Waals surface area contributed by atoms with Crippen LogP contribution in [-0.2, 0) is 23.1 Å². The van der Waals surface area contributed by atoms with E-state index in [1.807, 2.05) is 6.07 Å². The average molecular weight is 463 g/mol. The van der Waals surface area contributed by atoms with Gasteiger partial charge in [-0.3, -0.25) is 18.7 Å². The predicted molar refractivity (Wildman–Crippen MR) is 123 cm³/mol. The number of hydrogen-bond donors (Lipinski definition) is 1. The Morgan fingerprint density at radius 1 is 1.09 bits per heavy atom. The molecule has 0 unspecified atom stereocenters. The van der Waals surface area contributed by atoms with Crippen molar-refractivity contribution < 1.29 is 23.8 Å². The number of carbonyl (C=O) groups is 2. The highest BCUT2D eigenvalue weighted by molar-refractivity contribution is 6.02.